The van der Waals surface area contributed by atoms with E-state index in [-0.39, 0.29) is 0 Å². The lowest BCUT2D eigenvalue weighted by atomic mass is 10.00. The van der Waals surface area contributed by atoms with Crippen molar-refractivity contribution in [3.05, 3.63) is 23.2 Å². The molecule has 0 amide bonds. The number of hydrogen-bond donors (Lipinski definition) is 0. The molecule has 4 nitrogen and oxygen atoms in total. The summed E-state index contributed by atoms with van der Waals surface area (Å²) >= 11 is 5.77. The van der Waals surface area contributed by atoms with E-state index >= 15 is 0 Å². The van der Waals surface area contributed by atoms with Gasteiger partial charge in [0.15, 0.2) is 0 Å². The number of likely N-dealkylation sites (tertiary alicyclic amines) is 2. The molecular formula is C15H23ClN4. The Balaban J connectivity index is 1.47. The van der Waals surface area contributed by atoms with Gasteiger partial charge in [0.2, 0.25) is 0 Å². The minimum Gasteiger partial charge on any atom is -0.300 e. The van der Waals surface area contributed by atoms with E-state index in [1.807, 2.05) is 0 Å². The number of piperidine rings is 2. The highest BCUT2D eigenvalue weighted by atomic mass is 35.5. The Morgan fingerprint density at radius 2 is 1.75 bits per heavy atom. The molecule has 3 heterocycles. The Bertz CT molecular complexity index is 408. The maximum Gasteiger partial charge on any atom is 0.147 e. The third-order valence-corrected chi connectivity index (χ3v) is 4.72. The first-order valence-electron chi connectivity index (χ1n) is 7.74. The Kier molecular flexibility index (Phi) is 4.86. The van der Waals surface area contributed by atoms with E-state index in [4.69, 9.17) is 11.6 Å². The third kappa shape index (κ3) is 3.68. The maximum atomic E-state index is 5.77. The van der Waals surface area contributed by atoms with Crippen LogP contribution in [-0.2, 0) is 6.54 Å². The van der Waals surface area contributed by atoms with Gasteiger partial charge in [-0.05, 0) is 38.8 Å². The first kappa shape index (κ1) is 14.2. The van der Waals surface area contributed by atoms with Gasteiger partial charge in [0, 0.05) is 25.7 Å². The van der Waals surface area contributed by atoms with E-state index in [9.17, 15) is 0 Å². The van der Waals surface area contributed by atoms with Crippen LogP contribution in [0.25, 0.3) is 0 Å². The molecule has 0 aromatic carbocycles. The quantitative estimate of drug-likeness (QED) is 0.858. The maximum absolute atomic E-state index is 5.77. The van der Waals surface area contributed by atoms with Crippen LogP contribution in [0.2, 0.25) is 5.15 Å². The van der Waals surface area contributed by atoms with Crippen molar-refractivity contribution in [3.63, 3.8) is 0 Å². The predicted octanol–water partition coefficient (Wildman–Crippen LogP) is 2.58. The molecule has 2 aliphatic rings. The summed E-state index contributed by atoms with van der Waals surface area (Å²) in [4.78, 5) is 13.6. The normalized spacial score (nSPS) is 23.1. The molecule has 0 N–H and O–H groups in total. The zero-order valence-corrected chi connectivity index (χ0v) is 12.7. The van der Waals surface area contributed by atoms with Gasteiger partial charge >= 0.3 is 0 Å². The van der Waals surface area contributed by atoms with E-state index in [2.05, 4.69) is 19.8 Å². The zero-order valence-electron chi connectivity index (χ0n) is 12.0. The topological polar surface area (TPSA) is 32.3 Å². The molecule has 1 aromatic heterocycles. The van der Waals surface area contributed by atoms with E-state index in [1.54, 1.807) is 12.4 Å². The molecule has 0 bridgehead atoms. The molecule has 0 spiro atoms. The molecule has 0 unspecified atom stereocenters. The van der Waals surface area contributed by atoms with Crippen LogP contribution in [0.4, 0.5) is 0 Å². The van der Waals surface area contributed by atoms with Gasteiger partial charge in [0.25, 0.3) is 0 Å². The number of nitrogens with zero attached hydrogens (tertiary/aromatic N) is 4. The predicted molar refractivity (Wildman–Crippen MR) is 80.8 cm³/mol. The van der Waals surface area contributed by atoms with Crippen molar-refractivity contribution in [2.45, 2.75) is 44.7 Å². The highest BCUT2D eigenvalue weighted by Gasteiger charge is 2.25. The summed E-state index contributed by atoms with van der Waals surface area (Å²) in [6, 6.07) is 0.808. The van der Waals surface area contributed by atoms with Gasteiger partial charge in [0.05, 0.1) is 18.1 Å². The summed E-state index contributed by atoms with van der Waals surface area (Å²) in [6.45, 7) is 5.87. The Labute approximate surface area is 126 Å². The second-order valence-electron chi connectivity index (χ2n) is 5.93. The van der Waals surface area contributed by atoms with Crippen molar-refractivity contribution >= 4 is 11.6 Å². The molecule has 2 saturated heterocycles. The number of halogens is 1. The van der Waals surface area contributed by atoms with Gasteiger partial charge in [0.1, 0.15) is 5.15 Å². The van der Waals surface area contributed by atoms with Crippen LogP contribution in [0.15, 0.2) is 12.4 Å². The number of aromatic nitrogens is 2. The highest BCUT2D eigenvalue weighted by molar-refractivity contribution is 6.29. The molecule has 110 valence electrons. The fourth-order valence-electron chi connectivity index (χ4n) is 3.38. The van der Waals surface area contributed by atoms with Gasteiger partial charge in [-0.15, -0.1) is 0 Å². The van der Waals surface area contributed by atoms with Crippen molar-refractivity contribution in [1.29, 1.82) is 0 Å². The highest BCUT2D eigenvalue weighted by Crippen LogP contribution is 2.21. The molecule has 0 atom stereocenters. The van der Waals surface area contributed by atoms with Crippen LogP contribution in [0.5, 0.6) is 0 Å². The molecule has 0 aliphatic carbocycles. The monoisotopic (exact) mass is 294 g/mol. The lowest BCUT2D eigenvalue weighted by Crippen LogP contribution is -2.46. The summed E-state index contributed by atoms with van der Waals surface area (Å²) in [6.07, 6.45) is 10.2. The van der Waals surface area contributed by atoms with Gasteiger partial charge in [-0.25, -0.2) is 4.98 Å². The lowest BCUT2D eigenvalue weighted by Gasteiger charge is -2.40. The summed E-state index contributed by atoms with van der Waals surface area (Å²) < 4.78 is 0. The first-order valence-corrected chi connectivity index (χ1v) is 8.12. The minimum absolute atomic E-state index is 0.470. The van der Waals surface area contributed by atoms with E-state index in [0.717, 1.165) is 18.3 Å². The van der Waals surface area contributed by atoms with Crippen LogP contribution in [0.1, 0.15) is 37.8 Å². The van der Waals surface area contributed by atoms with Gasteiger partial charge in [-0.1, -0.05) is 18.0 Å². The third-order valence-electron chi connectivity index (χ3n) is 4.52. The van der Waals surface area contributed by atoms with Crippen LogP contribution >= 0.6 is 11.6 Å². The second-order valence-corrected chi connectivity index (χ2v) is 6.32. The fourth-order valence-corrected chi connectivity index (χ4v) is 3.47. The second kappa shape index (κ2) is 6.83. The van der Waals surface area contributed by atoms with Crippen molar-refractivity contribution in [1.82, 2.24) is 19.8 Å². The van der Waals surface area contributed by atoms with E-state index in [0.29, 0.717) is 5.15 Å². The first-order chi connectivity index (χ1) is 9.81. The lowest BCUT2D eigenvalue weighted by molar-refractivity contribution is 0.0891. The van der Waals surface area contributed by atoms with Crippen LogP contribution in [-0.4, -0.2) is 52.0 Å². The van der Waals surface area contributed by atoms with Crippen LogP contribution < -0.4 is 0 Å². The summed E-state index contributed by atoms with van der Waals surface area (Å²) in [7, 11) is 0. The molecule has 1 aromatic rings. The van der Waals surface area contributed by atoms with Crippen LogP contribution in [0.3, 0.4) is 0 Å². The SMILES string of the molecule is Clc1cnc(CN2CCC(N3CCCCC3)CC2)cn1. The number of hydrogen-bond acceptors (Lipinski definition) is 4. The molecular weight excluding hydrogens is 272 g/mol. The number of rotatable bonds is 3. The molecule has 5 heteroatoms. The Morgan fingerprint density at radius 3 is 2.40 bits per heavy atom. The molecule has 2 aliphatic heterocycles. The average molecular weight is 295 g/mol. The Morgan fingerprint density at radius 1 is 1.00 bits per heavy atom. The van der Waals surface area contributed by atoms with E-state index in [1.165, 1.54) is 58.3 Å². The summed E-state index contributed by atoms with van der Waals surface area (Å²) in [5.74, 6) is 0. The fraction of sp³-hybridized carbons (Fsp3) is 0.733. The molecule has 3 rings (SSSR count). The molecule has 20 heavy (non-hydrogen) atoms. The van der Waals surface area contributed by atoms with Crippen molar-refractivity contribution in [2.75, 3.05) is 26.2 Å². The summed E-state index contributed by atoms with van der Waals surface area (Å²) in [5.41, 5.74) is 1.02. The largest absolute Gasteiger partial charge is 0.300 e. The summed E-state index contributed by atoms with van der Waals surface area (Å²) in [5, 5.41) is 0.470. The van der Waals surface area contributed by atoms with Crippen molar-refractivity contribution < 1.29 is 0 Å². The Hall–Kier alpha value is -0.710. The van der Waals surface area contributed by atoms with Gasteiger partial charge in [-0.2, -0.15) is 0 Å². The van der Waals surface area contributed by atoms with Crippen molar-refractivity contribution in [2.24, 2.45) is 0 Å². The average Bonchev–Trinajstić information content (AvgIpc) is 2.51. The van der Waals surface area contributed by atoms with Gasteiger partial charge in [-0.3, -0.25) is 9.88 Å². The minimum atomic E-state index is 0.470. The van der Waals surface area contributed by atoms with Crippen molar-refractivity contribution in [3.8, 4) is 0 Å². The molecule has 0 saturated carbocycles. The zero-order chi connectivity index (χ0) is 13.8. The van der Waals surface area contributed by atoms with E-state index < -0.39 is 0 Å². The smallest absolute Gasteiger partial charge is 0.147 e. The van der Waals surface area contributed by atoms with Gasteiger partial charge < -0.3 is 4.90 Å². The molecule has 2 fully saturated rings. The molecule has 0 radical (unpaired) electrons. The van der Waals surface area contributed by atoms with Crippen LogP contribution in [0, 0.1) is 0 Å². The standard InChI is InChI=1S/C15H23ClN4/c16-15-11-17-13(10-18-15)12-19-8-4-14(5-9-19)20-6-2-1-3-7-20/h10-11,14H,1-9,12H2.